The number of phenolic OH excluding ortho intramolecular Hbond substituents is 1. The van der Waals surface area contributed by atoms with Crippen LogP contribution in [0.15, 0.2) is 261 Å². The molecule has 3 aliphatic heterocycles. The van der Waals surface area contributed by atoms with Gasteiger partial charge in [-0.2, -0.15) is 0 Å². The Bertz CT molecular complexity index is 3970. The van der Waals surface area contributed by atoms with Crippen LogP contribution in [-0.4, -0.2) is 133 Å². The van der Waals surface area contributed by atoms with Crippen LogP contribution in [0.1, 0.15) is 57.0 Å². The zero-order valence-electron chi connectivity index (χ0n) is 57.7. The lowest BCUT2D eigenvalue weighted by Crippen LogP contribution is -2.67. The van der Waals surface area contributed by atoms with E-state index >= 15 is 0 Å². The summed E-state index contributed by atoms with van der Waals surface area (Å²) in [4.78, 5) is 25.5. The van der Waals surface area contributed by atoms with Crippen molar-refractivity contribution in [1.82, 2.24) is 0 Å². The van der Waals surface area contributed by atoms with Gasteiger partial charge in [-0.3, -0.25) is 14.9 Å². The van der Waals surface area contributed by atoms with E-state index in [0.717, 1.165) is 44.5 Å². The van der Waals surface area contributed by atoms with E-state index in [1.807, 2.05) is 243 Å². The average molecular weight is 1420 g/mol. The standard InChI is InChI=1S/C83H87NO20/c1-57(85)100-80-77(96-51-64-38-22-8-23-39-64)74(93-48-61-32-16-5-17-33-61)70(55-91-46-59-28-12-3-13-29-59)103-83(80)104-78-75(94-49-62-34-18-6-19-35-62)71(102-82(79(78)97-52-65-40-24-9-25-41-65)98-53-66-42-43-68(86)67(44-66)84(88)89)56-99-81-72(87)76(95-50-63-36-20-7-21-37-63)73(92-47-60-30-14-4-15-31-60)69(101-81)54-90-45-58-26-10-2-11-27-58/h2-44,69-83,86-87H,45-56H2,1H3/t69-,70-,71-,72+,73-,74-,75-,76-,77+,78+,79+,80+,81+,82+,83-/m1/s1. The Morgan fingerprint density at radius 2 is 0.683 bits per heavy atom. The van der Waals surface area contributed by atoms with Gasteiger partial charge < -0.3 is 81.3 Å². The molecule has 9 aromatic carbocycles. The molecule has 9 aromatic rings. The smallest absolute Gasteiger partial charge is 0.311 e. The van der Waals surface area contributed by atoms with Gasteiger partial charge in [-0.1, -0.05) is 249 Å². The Labute approximate surface area is 605 Å². The maximum absolute atomic E-state index is 13.9. The van der Waals surface area contributed by atoms with Crippen LogP contribution in [0.5, 0.6) is 5.75 Å². The first-order valence-electron chi connectivity index (χ1n) is 34.9. The predicted molar refractivity (Wildman–Crippen MR) is 380 cm³/mol. The number of carbonyl (C=O) groups is 1. The number of benzene rings is 9. The highest BCUT2D eigenvalue weighted by Crippen LogP contribution is 2.39. The maximum atomic E-state index is 13.9. The van der Waals surface area contributed by atoms with Crippen LogP contribution in [0.3, 0.4) is 0 Å². The van der Waals surface area contributed by atoms with Gasteiger partial charge in [0, 0.05) is 13.0 Å². The number of esters is 1. The molecular formula is C83H87NO20. The van der Waals surface area contributed by atoms with Crippen molar-refractivity contribution < 1.29 is 91.0 Å². The molecule has 0 aromatic heterocycles. The zero-order chi connectivity index (χ0) is 71.7. The van der Waals surface area contributed by atoms with Gasteiger partial charge in [-0.05, 0) is 56.1 Å². The number of nitro groups is 1. The van der Waals surface area contributed by atoms with Crippen molar-refractivity contribution in [3.8, 4) is 5.75 Å². The highest BCUT2D eigenvalue weighted by atomic mass is 16.8. The summed E-state index contributed by atoms with van der Waals surface area (Å²) in [5.74, 6) is -1.23. The van der Waals surface area contributed by atoms with Gasteiger partial charge in [0.2, 0.25) is 0 Å². The molecule has 21 nitrogen and oxygen atoms in total. The number of nitrogens with zero attached hydrogens (tertiary/aromatic N) is 1. The molecule has 0 unspecified atom stereocenters. The fraction of sp³-hybridized carbons (Fsp3) is 0.337. The minimum Gasteiger partial charge on any atom is -0.502 e. The number of aromatic hydroxyl groups is 1. The van der Waals surface area contributed by atoms with E-state index in [9.17, 15) is 25.1 Å². The Balaban J connectivity index is 0.948. The van der Waals surface area contributed by atoms with E-state index in [2.05, 4.69) is 0 Å². The molecule has 0 amide bonds. The summed E-state index contributed by atoms with van der Waals surface area (Å²) in [6, 6.07) is 80.5. The van der Waals surface area contributed by atoms with E-state index in [4.69, 9.17) is 71.1 Å². The largest absolute Gasteiger partial charge is 0.502 e. The fourth-order valence-corrected chi connectivity index (χ4v) is 12.7. The topological polar surface area (TPSA) is 239 Å². The van der Waals surface area contributed by atoms with E-state index in [1.54, 1.807) is 0 Å². The van der Waals surface area contributed by atoms with Crippen molar-refractivity contribution in [2.45, 2.75) is 159 Å². The van der Waals surface area contributed by atoms with Gasteiger partial charge >= 0.3 is 11.7 Å². The highest BCUT2D eigenvalue weighted by molar-refractivity contribution is 5.66. The minimum atomic E-state index is -1.55. The van der Waals surface area contributed by atoms with Crippen molar-refractivity contribution >= 4 is 11.7 Å². The van der Waals surface area contributed by atoms with Crippen LogP contribution >= 0.6 is 0 Å². The fourth-order valence-electron chi connectivity index (χ4n) is 12.7. The van der Waals surface area contributed by atoms with Gasteiger partial charge in [-0.15, -0.1) is 0 Å². The van der Waals surface area contributed by atoms with Crippen LogP contribution in [0, 0.1) is 10.1 Å². The second kappa shape index (κ2) is 38.7. The van der Waals surface area contributed by atoms with Crippen LogP contribution < -0.4 is 0 Å². The number of hydrogen-bond acceptors (Lipinski definition) is 20. The van der Waals surface area contributed by atoms with Crippen molar-refractivity contribution in [3.05, 3.63) is 321 Å². The first-order valence-corrected chi connectivity index (χ1v) is 34.9. The Morgan fingerprint density at radius 1 is 0.356 bits per heavy atom. The molecule has 3 fully saturated rings. The summed E-state index contributed by atoms with van der Waals surface area (Å²) < 4.78 is 104. The number of ether oxygens (including phenoxy) is 15. The highest BCUT2D eigenvalue weighted by Gasteiger charge is 2.56. The first-order chi connectivity index (χ1) is 51.0. The Kier molecular flexibility index (Phi) is 27.8. The molecule has 21 heteroatoms. The molecule has 15 atom stereocenters. The molecule has 3 heterocycles. The van der Waals surface area contributed by atoms with Crippen LogP contribution in [0.25, 0.3) is 0 Å². The molecular weight excluding hydrogens is 1330 g/mol. The lowest BCUT2D eigenvalue weighted by atomic mass is 9.95. The van der Waals surface area contributed by atoms with Gasteiger partial charge in [0.15, 0.2) is 30.7 Å². The summed E-state index contributed by atoms with van der Waals surface area (Å²) in [7, 11) is 0. The molecule has 544 valence electrons. The third kappa shape index (κ3) is 21.4. The van der Waals surface area contributed by atoms with Crippen molar-refractivity contribution in [2.24, 2.45) is 0 Å². The number of aliphatic hydroxyl groups is 1. The molecule has 0 saturated carbocycles. The third-order valence-corrected chi connectivity index (χ3v) is 18.0. The third-order valence-electron chi connectivity index (χ3n) is 18.0. The SMILES string of the molecule is CC(=O)O[C@@H]1[C@@H](O[C@@H]2[C@H](OCc3ccccc3)[C@@H](OCc3ccc(O)c([N+](=O)[O-])c3)O[C@H](CO[C@H]3O[C@H](COCc4ccccc4)[C@@H](OCc4ccccc4)[C@H](OCc4ccccc4)[C@@H]3O)[C@H]2OCc2ccccc2)O[C@H](COCc2ccccc2)[C@@H](OCc2ccccc2)[C@@H]1OCc1ccccc1. The molecule has 3 aliphatic rings. The molecule has 12 rings (SSSR count). The number of hydrogen-bond donors (Lipinski definition) is 2. The summed E-state index contributed by atoms with van der Waals surface area (Å²) >= 11 is 0. The predicted octanol–water partition coefficient (Wildman–Crippen LogP) is 12.6. The molecule has 0 aliphatic carbocycles. The number of carbonyl (C=O) groups excluding carboxylic acids is 1. The second-order valence-corrected chi connectivity index (χ2v) is 25.6. The van der Waals surface area contributed by atoms with Crippen LogP contribution in [-0.2, 0) is 135 Å². The van der Waals surface area contributed by atoms with E-state index in [1.165, 1.54) is 25.1 Å². The summed E-state index contributed by atoms with van der Waals surface area (Å²) in [6.45, 7) is 1.15. The van der Waals surface area contributed by atoms with Crippen LogP contribution in [0.2, 0.25) is 0 Å². The second-order valence-electron chi connectivity index (χ2n) is 25.6. The lowest BCUT2D eigenvalue weighted by molar-refractivity contribution is -0.386. The lowest BCUT2D eigenvalue weighted by Gasteiger charge is -2.50. The van der Waals surface area contributed by atoms with E-state index in [-0.39, 0.29) is 72.7 Å². The van der Waals surface area contributed by atoms with Crippen LogP contribution in [0.4, 0.5) is 5.69 Å². The van der Waals surface area contributed by atoms with Crippen molar-refractivity contribution in [1.29, 1.82) is 0 Å². The molecule has 2 N–H and O–H groups in total. The Morgan fingerprint density at radius 3 is 1.09 bits per heavy atom. The average Bonchev–Trinajstić information content (AvgIpc) is 0.769. The van der Waals surface area contributed by atoms with Crippen molar-refractivity contribution in [3.63, 3.8) is 0 Å². The summed E-state index contributed by atoms with van der Waals surface area (Å²) in [5.41, 5.74) is 6.46. The first kappa shape index (κ1) is 74.8. The molecule has 104 heavy (non-hydrogen) atoms. The summed E-state index contributed by atoms with van der Waals surface area (Å²) in [6.07, 6.45) is -18.6. The van der Waals surface area contributed by atoms with Crippen molar-refractivity contribution in [2.75, 3.05) is 19.8 Å². The van der Waals surface area contributed by atoms with Gasteiger partial charge in [0.25, 0.3) is 0 Å². The van der Waals surface area contributed by atoms with E-state index < -0.39 is 121 Å². The molecule has 0 bridgehead atoms. The molecule has 3 saturated heterocycles. The zero-order valence-corrected chi connectivity index (χ0v) is 57.7. The minimum absolute atomic E-state index is 0.0199. The van der Waals surface area contributed by atoms with Gasteiger partial charge in [0.1, 0.15) is 67.1 Å². The molecule has 0 radical (unpaired) electrons. The number of rotatable bonds is 36. The number of nitro benzene ring substituents is 1. The quantitative estimate of drug-likeness (QED) is 0.0211. The van der Waals surface area contributed by atoms with E-state index in [0.29, 0.717) is 5.56 Å². The number of aliphatic hydroxyl groups excluding tert-OH is 1. The van der Waals surface area contributed by atoms with Gasteiger partial charge in [0.05, 0.1) is 84.2 Å². The van der Waals surface area contributed by atoms with Gasteiger partial charge in [-0.25, -0.2) is 0 Å². The monoisotopic (exact) mass is 1420 g/mol. The summed E-state index contributed by atoms with van der Waals surface area (Å²) in [5, 5.41) is 35.8. The Hall–Kier alpha value is -8.95. The number of phenols is 1. The molecule has 0 spiro atoms. The maximum Gasteiger partial charge on any atom is 0.311 e. The normalized spacial score (nSPS) is 24.7.